The lowest BCUT2D eigenvalue weighted by molar-refractivity contribution is -0.155. The van der Waals surface area contributed by atoms with E-state index in [0.29, 0.717) is 12.3 Å². The van der Waals surface area contributed by atoms with Crippen LogP contribution < -0.4 is 0 Å². The summed E-state index contributed by atoms with van der Waals surface area (Å²) in [6.45, 7) is 7.32. The molecule has 0 aliphatic heterocycles. The Kier molecular flexibility index (Phi) is 4.95. The highest BCUT2D eigenvalue weighted by atomic mass is 16.6. The largest absolute Gasteiger partial charge is 0.460 e. The number of esters is 1. The van der Waals surface area contributed by atoms with E-state index in [1.807, 2.05) is 27.8 Å². The van der Waals surface area contributed by atoms with E-state index >= 15 is 0 Å². The first kappa shape index (κ1) is 14.5. The van der Waals surface area contributed by atoms with Gasteiger partial charge in [-0.3, -0.25) is 4.79 Å². The lowest BCUT2D eigenvalue weighted by Crippen LogP contribution is -2.38. The highest BCUT2D eigenvalue weighted by Crippen LogP contribution is 2.27. The molecule has 1 aliphatic rings. The van der Waals surface area contributed by atoms with Crippen molar-refractivity contribution in [1.29, 1.82) is 0 Å². The van der Waals surface area contributed by atoms with E-state index < -0.39 is 5.60 Å². The quantitative estimate of drug-likeness (QED) is 0.742. The Morgan fingerprint density at radius 2 is 2.00 bits per heavy atom. The second-order valence-corrected chi connectivity index (χ2v) is 6.09. The molecule has 1 N–H and O–H groups in total. The summed E-state index contributed by atoms with van der Waals surface area (Å²) in [7, 11) is 2.01. The average Bonchev–Trinajstić information content (AvgIpc) is 2.09. The predicted molar refractivity (Wildman–Crippen MR) is 66.7 cm³/mol. The van der Waals surface area contributed by atoms with Crippen LogP contribution in [0.3, 0.4) is 0 Å². The Hall–Kier alpha value is -0.610. The van der Waals surface area contributed by atoms with Gasteiger partial charge in [-0.2, -0.15) is 0 Å². The number of aliphatic hydroxyl groups is 1. The number of hydrogen-bond donors (Lipinski definition) is 1. The van der Waals surface area contributed by atoms with Gasteiger partial charge in [0.2, 0.25) is 0 Å². The van der Waals surface area contributed by atoms with Crippen LogP contribution in [0.4, 0.5) is 0 Å². The van der Waals surface area contributed by atoms with E-state index in [-0.39, 0.29) is 12.1 Å². The number of carbonyl (C=O) groups excluding carboxylic acids is 1. The first-order valence-electron chi connectivity index (χ1n) is 6.35. The third-order valence-electron chi connectivity index (χ3n) is 2.90. The second-order valence-electron chi connectivity index (χ2n) is 6.09. The Bertz CT molecular complexity index is 254. The van der Waals surface area contributed by atoms with Crippen molar-refractivity contribution in [1.82, 2.24) is 4.90 Å². The molecule has 0 amide bonds. The molecular formula is C13H25NO3. The third kappa shape index (κ3) is 6.03. The molecule has 100 valence electrons. The standard InChI is InChI=1S/C13H25NO3/c1-13(2,3)17-12(16)5-6-14(4)9-10-7-11(15)8-10/h10-11,15H,5-9H2,1-4H3. The van der Waals surface area contributed by atoms with Crippen molar-refractivity contribution < 1.29 is 14.6 Å². The van der Waals surface area contributed by atoms with Gasteiger partial charge >= 0.3 is 5.97 Å². The molecule has 1 saturated carbocycles. The van der Waals surface area contributed by atoms with Gasteiger partial charge in [0.25, 0.3) is 0 Å². The zero-order valence-corrected chi connectivity index (χ0v) is 11.4. The number of ether oxygens (including phenoxy) is 1. The van der Waals surface area contributed by atoms with Crippen LogP contribution in [-0.4, -0.2) is 47.8 Å². The van der Waals surface area contributed by atoms with Crippen LogP contribution in [-0.2, 0) is 9.53 Å². The molecule has 4 nitrogen and oxygen atoms in total. The third-order valence-corrected chi connectivity index (χ3v) is 2.90. The van der Waals surface area contributed by atoms with E-state index in [2.05, 4.69) is 4.90 Å². The highest BCUT2D eigenvalue weighted by Gasteiger charge is 2.28. The maximum atomic E-state index is 11.5. The van der Waals surface area contributed by atoms with Crippen LogP contribution >= 0.6 is 0 Å². The van der Waals surface area contributed by atoms with Crippen molar-refractivity contribution in [2.45, 2.75) is 51.7 Å². The Balaban J connectivity index is 2.11. The summed E-state index contributed by atoms with van der Waals surface area (Å²) in [6, 6.07) is 0. The predicted octanol–water partition coefficient (Wildman–Crippen LogP) is 1.42. The van der Waals surface area contributed by atoms with Crippen LogP contribution in [0.15, 0.2) is 0 Å². The van der Waals surface area contributed by atoms with E-state index in [1.165, 1.54) is 0 Å². The number of rotatable bonds is 5. The Morgan fingerprint density at radius 3 is 2.47 bits per heavy atom. The molecule has 0 heterocycles. The summed E-state index contributed by atoms with van der Waals surface area (Å²) in [5.41, 5.74) is -0.395. The fraction of sp³-hybridized carbons (Fsp3) is 0.923. The molecule has 0 spiro atoms. The maximum absolute atomic E-state index is 11.5. The molecule has 0 radical (unpaired) electrons. The summed E-state index contributed by atoms with van der Waals surface area (Å²) in [6.07, 6.45) is 2.13. The van der Waals surface area contributed by atoms with E-state index in [0.717, 1.165) is 25.9 Å². The minimum absolute atomic E-state index is 0.0979. The molecule has 0 saturated heterocycles. The first-order chi connectivity index (χ1) is 7.76. The lowest BCUT2D eigenvalue weighted by atomic mass is 9.82. The molecule has 4 heteroatoms. The normalized spacial score (nSPS) is 24.6. The van der Waals surface area contributed by atoms with Gasteiger partial charge in [0.15, 0.2) is 0 Å². The van der Waals surface area contributed by atoms with E-state index in [9.17, 15) is 9.90 Å². The molecular weight excluding hydrogens is 218 g/mol. The SMILES string of the molecule is CN(CCC(=O)OC(C)(C)C)CC1CC(O)C1. The van der Waals surface area contributed by atoms with Crippen LogP contribution in [0.5, 0.6) is 0 Å². The Morgan fingerprint density at radius 1 is 1.41 bits per heavy atom. The minimum atomic E-state index is -0.395. The van der Waals surface area contributed by atoms with Gasteiger partial charge in [-0.1, -0.05) is 0 Å². The van der Waals surface area contributed by atoms with E-state index in [1.54, 1.807) is 0 Å². The molecule has 0 unspecified atom stereocenters. The van der Waals surface area contributed by atoms with Gasteiger partial charge < -0.3 is 14.7 Å². The summed E-state index contributed by atoms with van der Waals surface area (Å²) < 4.78 is 5.24. The summed E-state index contributed by atoms with van der Waals surface area (Å²) in [4.78, 5) is 13.6. The highest BCUT2D eigenvalue weighted by molar-refractivity contribution is 5.70. The second kappa shape index (κ2) is 5.83. The van der Waals surface area contributed by atoms with Crippen LogP contribution in [0.1, 0.15) is 40.0 Å². The van der Waals surface area contributed by atoms with E-state index in [4.69, 9.17) is 4.74 Å². The molecule has 0 aromatic rings. The number of nitrogens with zero attached hydrogens (tertiary/aromatic N) is 1. The molecule has 0 bridgehead atoms. The zero-order chi connectivity index (χ0) is 13.1. The van der Waals surface area contributed by atoms with Crippen LogP contribution in [0, 0.1) is 5.92 Å². The van der Waals surface area contributed by atoms with Gasteiger partial charge in [0, 0.05) is 13.1 Å². The van der Waals surface area contributed by atoms with Crippen molar-refractivity contribution in [3.63, 3.8) is 0 Å². The van der Waals surface area contributed by atoms with Crippen LogP contribution in [0.25, 0.3) is 0 Å². The summed E-state index contributed by atoms with van der Waals surface area (Å²) >= 11 is 0. The van der Waals surface area contributed by atoms with Crippen molar-refractivity contribution in [2.24, 2.45) is 5.92 Å². The molecule has 0 aromatic carbocycles. The first-order valence-corrected chi connectivity index (χ1v) is 6.35. The summed E-state index contributed by atoms with van der Waals surface area (Å²) in [5.74, 6) is 0.451. The maximum Gasteiger partial charge on any atom is 0.307 e. The topological polar surface area (TPSA) is 49.8 Å². The van der Waals surface area contributed by atoms with Gasteiger partial charge in [0.05, 0.1) is 12.5 Å². The van der Waals surface area contributed by atoms with Gasteiger partial charge in [0.1, 0.15) is 5.60 Å². The molecule has 1 rings (SSSR count). The minimum Gasteiger partial charge on any atom is -0.460 e. The van der Waals surface area contributed by atoms with Gasteiger partial charge in [-0.15, -0.1) is 0 Å². The molecule has 0 aromatic heterocycles. The zero-order valence-electron chi connectivity index (χ0n) is 11.4. The van der Waals surface area contributed by atoms with Gasteiger partial charge in [-0.25, -0.2) is 0 Å². The van der Waals surface area contributed by atoms with Crippen molar-refractivity contribution >= 4 is 5.97 Å². The van der Waals surface area contributed by atoms with Crippen molar-refractivity contribution in [2.75, 3.05) is 20.1 Å². The van der Waals surface area contributed by atoms with Crippen LogP contribution in [0.2, 0.25) is 0 Å². The lowest BCUT2D eigenvalue weighted by Gasteiger charge is -2.34. The molecule has 17 heavy (non-hydrogen) atoms. The molecule has 1 fully saturated rings. The fourth-order valence-electron chi connectivity index (χ4n) is 2.06. The number of hydrogen-bond acceptors (Lipinski definition) is 4. The van der Waals surface area contributed by atoms with Crippen molar-refractivity contribution in [3.8, 4) is 0 Å². The van der Waals surface area contributed by atoms with Crippen molar-refractivity contribution in [3.05, 3.63) is 0 Å². The number of aliphatic hydroxyl groups excluding tert-OH is 1. The Labute approximate surface area is 104 Å². The molecule has 0 atom stereocenters. The molecule has 1 aliphatic carbocycles. The monoisotopic (exact) mass is 243 g/mol. The van der Waals surface area contributed by atoms with Gasteiger partial charge in [-0.05, 0) is 46.6 Å². The fourth-order valence-corrected chi connectivity index (χ4v) is 2.06. The number of carbonyl (C=O) groups is 1. The summed E-state index contributed by atoms with van der Waals surface area (Å²) in [5, 5.41) is 9.18. The average molecular weight is 243 g/mol. The smallest absolute Gasteiger partial charge is 0.307 e.